The monoisotopic (exact) mass is 456 g/mol. The van der Waals surface area contributed by atoms with Gasteiger partial charge in [-0.3, -0.25) is 0 Å². The normalized spacial score (nSPS) is 11.4. The zero-order valence-electron chi connectivity index (χ0n) is 18.7. The van der Waals surface area contributed by atoms with Gasteiger partial charge >= 0.3 is 0 Å². The molecule has 3 aromatic carbocycles. The van der Waals surface area contributed by atoms with E-state index in [1.807, 2.05) is 50.2 Å². The summed E-state index contributed by atoms with van der Waals surface area (Å²) in [6.07, 6.45) is 2.84. The number of halogens is 1. The van der Waals surface area contributed by atoms with Gasteiger partial charge in [0.05, 0.1) is 0 Å². The molecule has 0 amide bonds. The van der Waals surface area contributed by atoms with Crippen LogP contribution in [0.4, 0.5) is 0 Å². The molecule has 3 rings (SSSR count). The molecule has 166 valence electrons. The predicted octanol–water partition coefficient (Wildman–Crippen LogP) is 8.05. The Labute approximate surface area is 196 Å². The first-order chi connectivity index (χ1) is 15.2. The quantitative estimate of drug-likeness (QED) is 0.334. The molecule has 0 saturated carbocycles. The fourth-order valence-corrected chi connectivity index (χ4v) is 4.33. The van der Waals surface area contributed by atoms with Crippen LogP contribution in [0, 0.1) is 5.92 Å². The molecule has 2 nitrogen and oxygen atoms in total. The predicted molar refractivity (Wildman–Crippen MR) is 133 cm³/mol. The lowest BCUT2D eigenvalue weighted by molar-refractivity contribution is 0.215. The van der Waals surface area contributed by atoms with Crippen molar-refractivity contribution in [3.8, 4) is 5.75 Å². The molecule has 0 aromatic heterocycles. The minimum Gasteiger partial charge on any atom is -0.489 e. The minimum absolute atomic E-state index is 0.241. The molecule has 31 heavy (non-hydrogen) atoms. The molecule has 1 N–H and O–H groups in total. The van der Waals surface area contributed by atoms with E-state index in [1.54, 1.807) is 11.8 Å². The third-order valence-electron chi connectivity index (χ3n) is 4.97. The summed E-state index contributed by atoms with van der Waals surface area (Å²) in [4.78, 5) is 2.22. The Hall–Kier alpha value is -1.94. The summed E-state index contributed by atoms with van der Waals surface area (Å²) in [5.41, 5.74) is 2.29. The van der Waals surface area contributed by atoms with Gasteiger partial charge in [0.25, 0.3) is 0 Å². The van der Waals surface area contributed by atoms with Gasteiger partial charge < -0.3 is 9.84 Å². The average Bonchev–Trinajstić information content (AvgIpc) is 2.82. The van der Waals surface area contributed by atoms with E-state index in [0.717, 1.165) is 51.0 Å². The van der Waals surface area contributed by atoms with Crippen LogP contribution in [0.15, 0.2) is 82.6 Å². The molecule has 0 spiro atoms. The van der Waals surface area contributed by atoms with Crippen molar-refractivity contribution in [1.82, 2.24) is 0 Å². The summed E-state index contributed by atoms with van der Waals surface area (Å²) in [7, 11) is 0. The Balaban J connectivity index is 0.00000166. The van der Waals surface area contributed by atoms with Crippen LogP contribution in [-0.4, -0.2) is 11.7 Å². The summed E-state index contributed by atoms with van der Waals surface area (Å²) in [5, 5.41) is 10.2. The zero-order valence-corrected chi connectivity index (χ0v) is 20.3. The van der Waals surface area contributed by atoms with Gasteiger partial charge in [-0.2, -0.15) is 0 Å². The van der Waals surface area contributed by atoms with Crippen molar-refractivity contribution < 1.29 is 9.84 Å². The minimum atomic E-state index is 0.241. The van der Waals surface area contributed by atoms with Crippen molar-refractivity contribution in [2.75, 3.05) is 6.61 Å². The second-order valence-electron chi connectivity index (χ2n) is 7.10. The summed E-state index contributed by atoms with van der Waals surface area (Å²) in [5.74, 6) is 1.20. The van der Waals surface area contributed by atoms with Crippen LogP contribution in [0.1, 0.15) is 44.7 Å². The highest BCUT2D eigenvalue weighted by atomic mass is 35.5. The lowest BCUT2D eigenvalue weighted by Crippen LogP contribution is -2.06. The molecule has 0 bridgehead atoms. The molecule has 0 aliphatic heterocycles. The Morgan fingerprint density at radius 2 is 1.68 bits per heavy atom. The Morgan fingerprint density at radius 3 is 2.35 bits per heavy atom. The van der Waals surface area contributed by atoms with E-state index < -0.39 is 0 Å². The van der Waals surface area contributed by atoms with Crippen LogP contribution in [0.25, 0.3) is 0 Å². The number of hydrogen-bond donors (Lipinski definition) is 1. The topological polar surface area (TPSA) is 29.5 Å². The van der Waals surface area contributed by atoms with Crippen LogP contribution in [0.3, 0.4) is 0 Å². The van der Waals surface area contributed by atoms with Crippen LogP contribution in [0.5, 0.6) is 5.75 Å². The average molecular weight is 457 g/mol. The number of aliphatic hydroxyl groups is 1. The maximum Gasteiger partial charge on any atom is 0.120 e. The Morgan fingerprint density at radius 1 is 0.935 bits per heavy atom. The molecular weight excluding hydrogens is 424 g/mol. The largest absolute Gasteiger partial charge is 0.489 e. The Kier molecular flexibility index (Phi) is 11.6. The highest BCUT2D eigenvalue weighted by molar-refractivity contribution is 7.99. The summed E-state index contributed by atoms with van der Waals surface area (Å²) in [6, 6.07) is 24.5. The van der Waals surface area contributed by atoms with Gasteiger partial charge in [0.1, 0.15) is 12.4 Å². The zero-order chi connectivity index (χ0) is 22.5. The molecule has 0 heterocycles. The second kappa shape index (κ2) is 14.2. The fraction of sp³-hybridized carbons (Fsp3) is 0.333. The molecule has 1 atom stereocenters. The number of benzene rings is 3. The lowest BCUT2D eigenvalue weighted by Gasteiger charge is -2.13. The molecule has 0 aliphatic carbocycles. The number of rotatable bonds is 10. The number of aryl methyl sites for hydroxylation is 1. The maximum absolute atomic E-state index is 9.36. The van der Waals surface area contributed by atoms with Crippen molar-refractivity contribution >= 4 is 23.4 Å². The summed E-state index contributed by atoms with van der Waals surface area (Å²) in [6.45, 7) is 6.91. The number of ether oxygens (including phenoxy) is 1. The van der Waals surface area contributed by atoms with E-state index in [2.05, 4.69) is 43.3 Å². The van der Waals surface area contributed by atoms with E-state index in [-0.39, 0.29) is 6.61 Å². The highest BCUT2D eigenvalue weighted by Crippen LogP contribution is 2.33. The molecule has 0 aliphatic rings. The van der Waals surface area contributed by atoms with Crippen LogP contribution in [0.2, 0.25) is 5.02 Å². The van der Waals surface area contributed by atoms with Crippen LogP contribution < -0.4 is 4.74 Å². The summed E-state index contributed by atoms with van der Waals surface area (Å²) < 4.78 is 5.93. The fourth-order valence-electron chi connectivity index (χ4n) is 3.08. The molecule has 1 unspecified atom stereocenters. The number of aliphatic hydroxyl groups excluding tert-OH is 1. The van der Waals surface area contributed by atoms with Crippen molar-refractivity contribution in [2.45, 2.75) is 56.4 Å². The third-order valence-corrected chi connectivity index (χ3v) is 6.30. The maximum atomic E-state index is 9.36. The van der Waals surface area contributed by atoms with E-state index >= 15 is 0 Å². The van der Waals surface area contributed by atoms with E-state index in [4.69, 9.17) is 16.3 Å². The molecular formula is C27H33ClO2S. The smallest absolute Gasteiger partial charge is 0.120 e. The standard InChI is InChI=1S/C25H27ClO2S.C2H6/c1-2-19(17-27)11-12-21-13-14-24(16-25(21)26)29-23-10-6-9-22(15-23)28-18-20-7-4-3-5-8-20;1-2/h3-10,13-16,19,27H,2,11-12,17-18H2,1H3;1-2H3. The lowest BCUT2D eigenvalue weighted by atomic mass is 9.98. The van der Waals surface area contributed by atoms with Gasteiger partial charge in [-0.15, -0.1) is 0 Å². The molecule has 0 radical (unpaired) electrons. The number of hydrogen-bond acceptors (Lipinski definition) is 3. The van der Waals surface area contributed by atoms with Crippen molar-refractivity contribution in [3.05, 3.63) is 88.9 Å². The van der Waals surface area contributed by atoms with Gasteiger partial charge in [-0.25, -0.2) is 0 Å². The first-order valence-corrected chi connectivity index (χ1v) is 12.2. The van der Waals surface area contributed by atoms with Gasteiger partial charge in [-0.05, 0) is 60.2 Å². The van der Waals surface area contributed by atoms with Gasteiger partial charge in [0.15, 0.2) is 0 Å². The second-order valence-corrected chi connectivity index (χ2v) is 8.65. The molecule has 4 heteroatoms. The van der Waals surface area contributed by atoms with Gasteiger partial charge in [0, 0.05) is 21.4 Å². The van der Waals surface area contributed by atoms with E-state index in [9.17, 15) is 5.11 Å². The highest BCUT2D eigenvalue weighted by Gasteiger charge is 2.09. The molecule has 0 fully saturated rings. The van der Waals surface area contributed by atoms with Crippen molar-refractivity contribution in [1.29, 1.82) is 0 Å². The van der Waals surface area contributed by atoms with E-state index in [1.165, 1.54) is 0 Å². The van der Waals surface area contributed by atoms with Crippen molar-refractivity contribution in [2.24, 2.45) is 5.92 Å². The van der Waals surface area contributed by atoms with Gasteiger partial charge in [-0.1, -0.05) is 93.0 Å². The van der Waals surface area contributed by atoms with Crippen LogP contribution >= 0.6 is 23.4 Å². The summed E-state index contributed by atoms with van der Waals surface area (Å²) >= 11 is 8.19. The Bertz CT molecular complexity index is 895. The van der Waals surface area contributed by atoms with Crippen LogP contribution in [-0.2, 0) is 13.0 Å². The first kappa shape index (κ1) is 25.3. The third kappa shape index (κ3) is 8.60. The van der Waals surface area contributed by atoms with E-state index in [0.29, 0.717) is 12.5 Å². The SMILES string of the molecule is CC.CCC(CO)CCc1ccc(Sc2cccc(OCc3ccccc3)c2)cc1Cl. The van der Waals surface area contributed by atoms with Crippen molar-refractivity contribution in [3.63, 3.8) is 0 Å². The van der Waals surface area contributed by atoms with Gasteiger partial charge in [0.2, 0.25) is 0 Å². The molecule has 3 aromatic rings. The molecule has 0 saturated heterocycles. The first-order valence-electron chi connectivity index (χ1n) is 11.0.